The number of benzene rings is 3. The van der Waals surface area contributed by atoms with E-state index in [0.29, 0.717) is 0 Å². The summed E-state index contributed by atoms with van der Waals surface area (Å²) in [5.41, 5.74) is 4.24. The summed E-state index contributed by atoms with van der Waals surface area (Å²) in [5.74, 6) is 0.142. The molecule has 1 saturated heterocycles. The molecular weight excluding hydrogens is 416 g/mol. The Kier molecular flexibility index (Phi) is 5.77. The molecule has 1 aliphatic rings. The van der Waals surface area contributed by atoms with E-state index < -0.39 is 0 Å². The number of thiazole rings is 1. The van der Waals surface area contributed by atoms with Crippen LogP contribution in [0.2, 0.25) is 0 Å². The number of hydrogen-bond donors (Lipinski definition) is 1. The van der Waals surface area contributed by atoms with Crippen LogP contribution in [0.5, 0.6) is 0 Å². The van der Waals surface area contributed by atoms with Crippen LogP contribution < -0.4 is 10.2 Å². The second kappa shape index (κ2) is 9.01. The third-order valence-corrected chi connectivity index (χ3v) is 6.96. The molecule has 6 heteroatoms. The highest BCUT2D eigenvalue weighted by Gasteiger charge is 2.25. The number of carbonyl (C=O) groups excluding carboxylic acids is 1. The number of para-hydroxylation sites is 2. The Morgan fingerprint density at radius 3 is 2.47 bits per heavy atom. The van der Waals surface area contributed by atoms with E-state index in [1.807, 2.05) is 48.2 Å². The molecule has 1 atom stereocenters. The lowest BCUT2D eigenvalue weighted by molar-refractivity contribution is -0.131. The predicted octanol–water partition coefficient (Wildman–Crippen LogP) is 5.11. The third kappa shape index (κ3) is 4.32. The quantitative estimate of drug-likeness (QED) is 0.466. The zero-order chi connectivity index (χ0) is 21.9. The molecule has 1 unspecified atom stereocenters. The molecule has 1 amide bonds. The molecule has 162 valence electrons. The molecule has 0 spiro atoms. The molecule has 5 rings (SSSR count). The van der Waals surface area contributed by atoms with Gasteiger partial charge in [0.1, 0.15) is 11.0 Å². The van der Waals surface area contributed by atoms with E-state index >= 15 is 0 Å². The van der Waals surface area contributed by atoms with Crippen LogP contribution in [0, 0.1) is 0 Å². The fourth-order valence-corrected chi connectivity index (χ4v) is 5.11. The van der Waals surface area contributed by atoms with Crippen LogP contribution in [-0.2, 0) is 4.79 Å². The van der Waals surface area contributed by atoms with Gasteiger partial charge in [0.2, 0.25) is 5.91 Å². The molecule has 0 radical (unpaired) electrons. The molecule has 4 aromatic rings. The first-order valence-electron chi connectivity index (χ1n) is 11.0. The fourth-order valence-electron chi connectivity index (χ4n) is 4.15. The Morgan fingerprint density at radius 1 is 0.938 bits per heavy atom. The first-order chi connectivity index (χ1) is 15.7. The maximum absolute atomic E-state index is 13.1. The molecular formula is C26H26N4OS. The number of aromatic nitrogens is 1. The van der Waals surface area contributed by atoms with Crippen LogP contribution in [0.3, 0.4) is 0 Å². The minimum Gasteiger partial charge on any atom is -0.374 e. The van der Waals surface area contributed by atoms with Gasteiger partial charge in [0.25, 0.3) is 0 Å². The Bertz CT molecular complexity index is 1180. The van der Waals surface area contributed by atoms with Crippen molar-refractivity contribution in [1.29, 1.82) is 0 Å². The molecule has 32 heavy (non-hydrogen) atoms. The summed E-state index contributed by atoms with van der Waals surface area (Å²) in [7, 11) is 0. The highest BCUT2D eigenvalue weighted by molar-refractivity contribution is 7.21. The summed E-state index contributed by atoms with van der Waals surface area (Å²) in [4.78, 5) is 22.1. The summed E-state index contributed by atoms with van der Waals surface area (Å²) < 4.78 is 1.18. The van der Waals surface area contributed by atoms with Gasteiger partial charge in [-0.15, -0.1) is 11.3 Å². The minimum absolute atomic E-state index is 0.142. The van der Waals surface area contributed by atoms with Crippen LogP contribution in [-0.4, -0.2) is 48.0 Å². The lowest BCUT2D eigenvalue weighted by Gasteiger charge is -2.37. The number of nitrogens with zero attached hydrogens (tertiary/aromatic N) is 3. The van der Waals surface area contributed by atoms with Crippen LogP contribution in [0.25, 0.3) is 20.8 Å². The first kappa shape index (κ1) is 20.5. The number of amides is 1. The van der Waals surface area contributed by atoms with Crippen molar-refractivity contribution in [2.75, 3.05) is 36.4 Å². The van der Waals surface area contributed by atoms with Crippen LogP contribution in [0.1, 0.15) is 6.92 Å². The van der Waals surface area contributed by atoms with Crippen molar-refractivity contribution >= 4 is 38.8 Å². The maximum Gasteiger partial charge on any atom is 0.244 e. The topological polar surface area (TPSA) is 48.5 Å². The fraction of sp³-hybridized carbons (Fsp3) is 0.231. The average Bonchev–Trinajstić information content (AvgIpc) is 3.29. The van der Waals surface area contributed by atoms with Crippen molar-refractivity contribution in [1.82, 2.24) is 9.88 Å². The Morgan fingerprint density at radius 2 is 1.69 bits per heavy atom. The molecule has 1 fully saturated rings. The molecule has 0 bridgehead atoms. The molecule has 0 aliphatic carbocycles. The lowest BCUT2D eigenvalue weighted by atomic mass is 10.1. The van der Waals surface area contributed by atoms with E-state index in [2.05, 4.69) is 52.7 Å². The summed E-state index contributed by atoms with van der Waals surface area (Å²) in [6, 6.07) is 26.5. The van der Waals surface area contributed by atoms with Gasteiger partial charge in [-0.1, -0.05) is 42.5 Å². The van der Waals surface area contributed by atoms with Gasteiger partial charge in [0.15, 0.2) is 0 Å². The Balaban J connectivity index is 1.23. The SMILES string of the molecule is CC(Nc1cccc(-c2nc3ccccc3s2)c1)C(=O)N1CCN(c2ccccc2)CC1. The standard InChI is InChI=1S/C26H26N4OS/c1-19(26(31)30-16-14-29(15-17-30)22-10-3-2-4-11-22)27-21-9-7-8-20(18-21)25-28-23-12-5-6-13-24(23)32-25/h2-13,18-19,27H,14-17H2,1H3. The normalized spacial score (nSPS) is 15.0. The highest BCUT2D eigenvalue weighted by atomic mass is 32.1. The summed E-state index contributed by atoms with van der Waals surface area (Å²) in [6.07, 6.45) is 0. The van der Waals surface area contributed by atoms with E-state index in [4.69, 9.17) is 4.98 Å². The zero-order valence-corrected chi connectivity index (χ0v) is 18.9. The predicted molar refractivity (Wildman–Crippen MR) is 133 cm³/mol. The second-order valence-corrected chi connectivity index (χ2v) is 9.11. The van der Waals surface area contributed by atoms with Gasteiger partial charge in [-0.05, 0) is 43.3 Å². The average molecular weight is 443 g/mol. The molecule has 3 aromatic carbocycles. The van der Waals surface area contributed by atoms with Crippen molar-refractivity contribution < 1.29 is 4.79 Å². The number of hydrogen-bond acceptors (Lipinski definition) is 5. The third-order valence-electron chi connectivity index (χ3n) is 5.87. The number of fused-ring (bicyclic) bond motifs is 1. The molecule has 0 saturated carbocycles. The van der Waals surface area contributed by atoms with Crippen molar-refractivity contribution in [3.8, 4) is 10.6 Å². The number of carbonyl (C=O) groups is 1. The Labute approximate surface area is 192 Å². The number of anilines is 2. The van der Waals surface area contributed by atoms with Crippen LogP contribution >= 0.6 is 11.3 Å². The van der Waals surface area contributed by atoms with Gasteiger partial charge in [-0.3, -0.25) is 4.79 Å². The van der Waals surface area contributed by atoms with Crippen molar-refractivity contribution in [3.63, 3.8) is 0 Å². The lowest BCUT2D eigenvalue weighted by Crippen LogP contribution is -2.52. The zero-order valence-electron chi connectivity index (χ0n) is 18.1. The summed E-state index contributed by atoms with van der Waals surface area (Å²) in [5, 5.41) is 4.39. The largest absolute Gasteiger partial charge is 0.374 e. The molecule has 2 heterocycles. The van der Waals surface area contributed by atoms with Gasteiger partial charge >= 0.3 is 0 Å². The van der Waals surface area contributed by atoms with Crippen molar-refractivity contribution in [2.45, 2.75) is 13.0 Å². The second-order valence-electron chi connectivity index (χ2n) is 8.08. The van der Waals surface area contributed by atoms with Crippen molar-refractivity contribution in [3.05, 3.63) is 78.9 Å². The van der Waals surface area contributed by atoms with Crippen LogP contribution in [0.4, 0.5) is 11.4 Å². The monoisotopic (exact) mass is 442 g/mol. The number of nitrogens with one attached hydrogen (secondary N) is 1. The van der Waals surface area contributed by atoms with Crippen molar-refractivity contribution in [2.24, 2.45) is 0 Å². The van der Waals surface area contributed by atoms with E-state index in [0.717, 1.165) is 48.0 Å². The number of rotatable bonds is 5. The highest BCUT2D eigenvalue weighted by Crippen LogP contribution is 2.31. The summed E-state index contributed by atoms with van der Waals surface area (Å²) >= 11 is 1.69. The Hall–Kier alpha value is -3.38. The van der Waals surface area contributed by atoms with Crippen LogP contribution in [0.15, 0.2) is 78.9 Å². The smallest absolute Gasteiger partial charge is 0.244 e. The van der Waals surface area contributed by atoms with E-state index in [9.17, 15) is 4.79 Å². The molecule has 1 aromatic heterocycles. The molecule has 5 nitrogen and oxygen atoms in total. The van der Waals surface area contributed by atoms with Gasteiger partial charge < -0.3 is 15.1 Å². The molecule has 1 aliphatic heterocycles. The van der Waals surface area contributed by atoms with Gasteiger partial charge in [-0.2, -0.15) is 0 Å². The molecule has 1 N–H and O–H groups in total. The number of piperazine rings is 1. The first-order valence-corrected chi connectivity index (χ1v) is 11.8. The summed E-state index contributed by atoms with van der Waals surface area (Å²) in [6.45, 7) is 5.14. The van der Waals surface area contributed by atoms with E-state index in [-0.39, 0.29) is 11.9 Å². The minimum atomic E-state index is -0.288. The van der Waals surface area contributed by atoms with Gasteiger partial charge in [-0.25, -0.2) is 4.98 Å². The van der Waals surface area contributed by atoms with Gasteiger partial charge in [0, 0.05) is 43.1 Å². The van der Waals surface area contributed by atoms with E-state index in [1.165, 1.54) is 10.4 Å². The van der Waals surface area contributed by atoms with E-state index in [1.54, 1.807) is 11.3 Å². The maximum atomic E-state index is 13.1. The van der Waals surface area contributed by atoms with Gasteiger partial charge in [0.05, 0.1) is 10.2 Å².